The molecule has 0 amide bonds. The number of pyridine rings is 2. The highest BCUT2D eigenvalue weighted by atomic mass is 16.5. The monoisotopic (exact) mass is 302 g/mol. The quantitative estimate of drug-likeness (QED) is 0.599. The van der Waals surface area contributed by atoms with Crippen LogP contribution in [0.1, 0.15) is 51.1 Å². The highest BCUT2D eigenvalue weighted by molar-refractivity contribution is 5.80. The van der Waals surface area contributed by atoms with Gasteiger partial charge in [0.1, 0.15) is 6.61 Å². The third-order valence-corrected chi connectivity index (χ3v) is 3.59. The van der Waals surface area contributed by atoms with Crippen molar-refractivity contribution >= 4 is 16.9 Å². The number of carbonyl (C=O) groups excluding carboxylic acids is 1. The fourth-order valence-corrected chi connectivity index (χ4v) is 2.35. The first-order chi connectivity index (χ1) is 10.7. The molecule has 0 spiro atoms. The zero-order valence-electron chi connectivity index (χ0n) is 12.9. The summed E-state index contributed by atoms with van der Waals surface area (Å²) >= 11 is 0. The number of rotatable bonds is 8. The number of carbonyl (C=O) groups is 1. The van der Waals surface area contributed by atoms with Crippen LogP contribution < -0.4 is 5.56 Å². The van der Waals surface area contributed by atoms with Crippen LogP contribution in [0.15, 0.2) is 29.2 Å². The molecule has 2 aromatic heterocycles. The lowest BCUT2D eigenvalue weighted by atomic mass is 10.1. The average molecular weight is 302 g/mol. The molecule has 0 radical (unpaired) electrons. The largest absolute Gasteiger partial charge is 0.459 e. The second kappa shape index (κ2) is 8.32. The van der Waals surface area contributed by atoms with Gasteiger partial charge in [0.2, 0.25) is 5.56 Å². The van der Waals surface area contributed by atoms with E-state index in [1.807, 2.05) is 0 Å². The van der Waals surface area contributed by atoms with Gasteiger partial charge < -0.3 is 9.72 Å². The molecule has 118 valence electrons. The summed E-state index contributed by atoms with van der Waals surface area (Å²) in [6.07, 6.45) is 7.57. The Bertz CT molecular complexity index is 679. The smallest absolute Gasteiger partial charge is 0.306 e. The molecular weight excluding hydrogens is 280 g/mol. The van der Waals surface area contributed by atoms with Gasteiger partial charge >= 0.3 is 5.97 Å². The molecule has 0 saturated carbocycles. The summed E-state index contributed by atoms with van der Waals surface area (Å²) in [5, 5.41) is 0.804. The molecule has 2 heterocycles. The Morgan fingerprint density at radius 2 is 2.00 bits per heavy atom. The van der Waals surface area contributed by atoms with Crippen molar-refractivity contribution in [3.05, 3.63) is 40.4 Å². The Kier molecular flexibility index (Phi) is 6.13. The summed E-state index contributed by atoms with van der Waals surface area (Å²) < 4.78 is 5.28. The lowest BCUT2D eigenvalue weighted by molar-refractivity contribution is -0.145. The molecule has 1 N–H and O–H groups in total. The van der Waals surface area contributed by atoms with Crippen LogP contribution in [-0.4, -0.2) is 15.9 Å². The molecule has 5 heteroatoms. The normalized spacial score (nSPS) is 10.8. The summed E-state index contributed by atoms with van der Waals surface area (Å²) in [7, 11) is 0. The minimum Gasteiger partial charge on any atom is -0.459 e. The van der Waals surface area contributed by atoms with Crippen molar-refractivity contribution in [1.82, 2.24) is 9.97 Å². The summed E-state index contributed by atoms with van der Waals surface area (Å²) in [4.78, 5) is 30.0. The first kappa shape index (κ1) is 16.2. The fourth-order valence-electron chi connectivity index (χ4n) is 2.35. The van der Waals surface area contributed by atoms with Crippen LogP contribution in [0.2, 0.25) is 0 Å². The maximum atomic E-state index is 11.7. The van der Waals surface area contributed by atoms with Crippen molar-refractivity contribution < 1.29 is 9.53 Å². The molecule has 0 atom stereocenters. The second-order valence-electron chi connectivity index (χ2n) is 5.37. The van der Waals surface area contributed by atoms with E-state index in [1.54, 1.807) is 18.3 Å². The van der Waals surface area contributed by atoms with Crippen molar-refractivity contribution in [2.45, 2.75) is 52.1 Å². The predicted molar refractivity (Wildman–Crippen MR) is 85.5 cm³/mol. The Morgan fingerprint density at radius 3 is 2.82 bits per heavy atom. The van der Waals surface area contributed by atoms with Crippen molar-refractivity contribution in [1.29, 1.82) is 0 Å². The molecule has 0 unspecified atom stereocenters. The molecule has 0 aliphatic rings. The number of H-pyrrole nitrogens is 1. The van der Waals surface area contributed by atoms with E-state index in [0.29, 0.717) is 17.6 Å². The molecular formula is C17H22N2O3. The summed E-state index contributed by atoms with van der Waals surface area (Å²) in [5.41, 5.74) is 1.20. The molecule has 0 aromatic carbocycles. The van der Waals surface area contributed by atoms with Crippen molar-refractivity contribution in [2.24, 2.45) is 0 Å². The van der Waals surface area contributed by atoms with Crippen LogP contribution in [0.4, 0.5) is 0 Å². The molecule has 0 aliphatic carbocycles. The van der Waals surface area contributed by atoms with Gasteiger partial charge in [0.25, 0.3) is 0 Å². The minimum atomic E-state index is -0.195. The number of unbranched alkanes of at least 4 members (excludes halogenated alkanes) is 4. The van der Waals surface area contributed by atoms with Gasteiger partial charge in [-0.3, -0.25) is 14.6 Å². The molecule has 2 rings (SSSR count). The van der Waals surface area contributed by atoms with Crippen molar-refractivity contribution in [2.75, 3.05) is 0 Å². The van der Waals surface area contributed by atoms with Crippen LogP contribution in [0.25, 0.3) is 10.9 Å². The SMILES string of the molecule is CCCCCCCC(=O)OCc1nccc2[nH]c(=O)ccc12. The van der Waals surface area contributed by atoms with E-state index in [1.165, 1.54) is 25.3 Å². The van der Waals surface area contributed by atoms with Gasteiger partial charge in [0.05, 0.1) is 11.2 Å². The number of ether oxygens (including phenoxy) is 1. The number of nitrogens with zero attached hydrogens (tertiary/aromatic N) is 1. The Balaban J connectivity index is 1.86. The number of aromatic amines is 1. The van der Waals surface area contributed by atoms with Gasteiger partial charge in [-0.15, -0.1) is 0 Å². The number of esters is 1. The standard InChI is InChI=1S/C17H22N2O3/c1-2-3-4-5-6-7-17(21)22-12-15-13-8-9-16(20)19-14(13)10-11-18-15/h8-11H,2-7,12H2,1H3,(H,19,20). The highest BCUT2D eigenvalue weighted by Crippen LogP contribution is 2.14. The van der Waals surface area contributed by atoms with Gasteiger partial charge in [-0.05, 0) is 18.6 Å². The Hall–Kier alpha value is -2.17. The lowest BCUT2D eigenvalue weighted by Gasteiger charge is -2.07. The zero-order valence-corrected chi connectivity index (χ0v) is 12.9. The molecule has 5 nitrogen and oxygen atoms in total. The molecule has 22 heavy (non-hydrogen) atoms. The minimum absolute atomic E-state index is 0.136. The number of nitrogens with one attached hydrogen (secondary N) is 1. The second-order valence-corrected chi connectivity index (χ2v) is 5.37. The van der Waals surface area contributed by atoms with Crippen LogP contribution in [0, 0.1) is 0 Å². The molecule has 0 aliphatic heterocycles. The first-order valence-corrected chi connectivity index (χ1v) is 7.83. The highest BCUT2D eigenvalue weighted by Gasteiger charge is 2.07. The van der Waals surface area contributed by atoms with Gasteiger partial charge in [-0.2, -0.15) is 0 Å². The predicted octanol–water partition coefficient (Wildman–Crippen LogP) is 3.33. The summed E-state index contributed by atoms with van der Waals surface area (Å²) in [6.45, 7) is 2.30. The number of fused-ring (bicyclic) bond motifs is 1. The Labute approximate surface area is 129 Å². The van der Waals surface area contributed by atoms with Gasteiger partial charge in [0, 0.05) is 24.1 Å². The van der Waals surface area contributed by atoms with E-state index in [2.05, 4.69) is 16.9 Å². The maximum absolute atomic E-state index is 11.7. The number of hydrogen-bond acceptors (Lipinski definition) is 4. The number of aromatic nitrogens is 2. The van der Waals surface area contributed by atoms with Crippen molar-refractivity contribution in [3.63, 3.8) is 0 Å². The fraction of sp³-hybridized carbons (Fsp3) is 0.471. The molecule has 0 saturated heterocycles. The third kappa shape index (κ3) is 4.69. The van der Waals surface area contributed by atoms with Crippen molar-refractivity contribution in [3.8, 4) is 0 Å². The van der Waals surface area contributed by atoms with Gasteiger partial charge in [-0.25, -0.2) is 0 Å². The molecule has 0 fully saturated rings. The first-order valence-electron chi connectivity index (χ1n) is 7.83. The van der Waals surface area contributed by atoms with E-state index in [9.17, 15) is 9.59 Å². The number of hydrogen-bond donors (Lipinski definition) is 1. The van der Waals surface area contributed by atoms with E-state index >= 15 is 0 Å². The van der Waals surface area contributed by atoms with Crippen LogP contribution in [0.3, 0.4) is 0 Å². The van der Waals surface area contributed by atoms with Crippen LogP contribution >= 0.6 is 0 Å². The van der Waals surface area contributed by atoms with E-state index in [-0.39, 0.29) is 18.1 Å². The van der Waals surface area contributed by atoms with Gasteiger partial charge in [0.15, 0.2) is 0 Å². The summed E-state index contributed by atoms with van der Waals surface area (Å²) in [5.74, 6) is -0.195. The lowest BCUT2D eigenvalue weighted by Crippen LogP contribution is -2.08. The van der Waals surface area contributed by atoms with Crippen LogP contribution in [0.5, 0.6) is 0 Å². The van der Waals surface area contributed by atoms with E-state index in [4.69, 9.17) is 4.74 Å². The average Bonchev–Trinajstić information content (AvgIpc) is 2.52. The van der Waals surface area contributed by atoms with E-state index < -0.39 is 0 Å². The van der Waals surface area contributed by atoms with E-state index in [0.717, 1.165) is 18.2 Å². The topological polar surface area (TPSA) is 72.0 Å². The summed E-state index contributed by atoms with van der Waals surface area (Å²) in [6, 6.07) is 4.88. The zero-order chi connectivity index (χ0) is 15.8. The maximum Gasteiger partial charge on any atom is 0.306 e. The Morgan fingerprint density at radius 1 is 1.18 bits per heavy atom. The van der Waals surface area contributed by atoms with Crippen LogP contribution in [-0.2, 0) is 16.1 Å². The molecule has 0 bridgehead atoms. The third-order valence-electron chi connectivity index (χ3n) is 3.59. The van der Waals surface area contributed by atoms with Gasteiger partial charge in [-0.1, -0.05) is 32.6 Å². The molecule has 2 aromatic rings.